The second kappa shape index (κ2) is 9.18. The molecule has 4 aliphatic rings. The minimum atomic E-state index is -0.889. The zero-order valence-electron chi connectivity index (χ0n) is 19.8. The van der Waals surface area contributed by atoms with E-state index in [0.29, 0.717) is 17.3 Å². The number of pyridine rings is 1. The third-order valence-corrected chi connectivity index (χ3v) is 6.71. The summed E-state index contributed by atoms with van der Waals surface area (Å²) in [5.74, 6) is -1.29. The van der Waals surface area contributed by atoms with E-state index < -0.39 is 11.6 Å². The van der Waals surface area contributed by atoms with Gasteiger partial charge in [0.2, 0.25) is 5.88 Å². The summed E-state index contributed by atoms with van der Waals surface area (Å²) in [7, 11) is 1.58. The number of anilines is 2. The zero-order chi connectivity index (χ0) is 24.6. The molecule has 3 aliphatic carbocycles. The van der Waals surface area contributed by atoms with Gasteiger partial charge in [0, 0.05) is 18.0 Å². The van der Waals surface area contributed by atoms with Gasteiger partial charge in [0.1, 0.15) is 5.69 Å². The van der Waals surface area contributed by atoms with E-state index in [2.05, 4.69) is 22.5 Å². The topological polar surface area (TPSA) is 64.3 Å². The SMILES string of the molecule is COc1ncccc1Nc1cc2nc3c(n(-c4ccc(F)c(F)c4)c-2cc1=NC1CCC1)=CCCC=3. The predicted octanol–water partition coefficient (Wildman–Crippen LogP) is 4.21. The molecule has 1 aromatic heterocycles. The largest absolute Gasteiger partial charge is 0.480 e. The van der Waals surface area contributed by atoms with Crippen LogP contribution in [0.25, 0.3) is 29.2 Å². The van der Waals surface area contributed by atoms with Crippen molar-refractivity contribution in [1.82, 2.24) is 14.5 Å². The average Bonchev–Trinajstić information content (AvgIpc) is 2.87. The van der Waals surface area contributed by atoms with Crippen molar-refractivity contribution in [3.8, 4) is 23.0 Å². The lowest BCUT2D eigenvalue weighted by molar-refractivity contribution is 0.400. The maximum atomic E-state index is 14.3. The van der Waals surface area contributed by atoms with Crippen LogP contribution in [0.1, 0.15) is 32.1 Å². The van der Waals surface area contributed by atoms with Gasteiger partial charge >= 0.3 is 0 Å². The Hall–Kier alpha value is -4.07. The van der Waals surface area contributed by atoms with Gasteiger partial charge in [-0.3, -0.25) is 4.99 Å². The summed E-state index contributed by atoms with van der Waals surface area (Å²) < 4.78 is 35.5. The molecular formula is C28H25F2N5O. The Morgan fingerprint density at radius 1 is 1.03 bits per heavy atom. The van der Waals surface area contributed by atoms with E-state index in [-0.39, 0.29) is 6.04 Å². The fourth-order valence-corrected chi connectivity index (χ4v) is 4.67. The van der Waals surface area contributed by atoms with E-state index in [4.69, 9.17) is 14.7 Å². The summed E-state index contributed by atoms with van der Waals surface area (Å²) >= 11 is 0. The molecule has 6 rings (SSSR count). The number of methoxy groups -OCH3 is 1. The first-order valence-corrected chi connectivity index (χ1v) is 12.1. The second-order valence-corrected chi connectivity index (χ2v) is 9.06. The van der Waals surface area contributed by atoms with Gasteiger partial charge < -0.3 is 14.6 Å². The number of ether oxygens (including phenoxy) is 1. The quantitative estimate of drug-likeness (QED) is 0.460. The van der Waals surface area contributed by atoms with Crippen LogP contribution >= 0.6 is 0 Å². The number of hydrogen-bond donors (Lipinski definition) is 1. The van der Waals surface area contributed by atoms with Crippen molar-refractivity contribution in [3.05, 3.63) is 76.4 Å². The van der Waals surface area contributed by atoms with E-state index in [1.54, 1.807) is 19.4 Å². The van der Waals surface area contributed by atoms with Crippen LogP contribution in [-0.2, 0) is 0 Å². The van der Waals surface area contributed by atoms with Crippen molar-refractivity contribution < 1.29 is 13.5 Å². The number of benzene rings is 2. The Kier molecular flexibility index (Phi) is 5.71. The molecule has 36 heavy (non-hydrogen) atoms. The molecule has 182 valence electrons. The Labute approximate surface area is 206 Å². The van der Waals surface area contributed by atoms with E-state index in [1.807, 2.05) is 28.8 Å². The first-order valence-electron chi connectivity index (χ1n) is 12.1. The van der Waals surface area contributed by atoms with Crippen molar-refractivity contribution in [2.75, 3.05) is 12.4 Å². The molecule has 8 heteroatoms. The lowest BCUT2D eigenvalue weighted by Crippen LogP contribution is -2.40. The van der Waals surface area contributed by atoms with Crippen molar-refractivity contribution in [2.45, 2.75) is 38.1 Å². The highest BCUT2D eigenvalue weighted by Crippen LogP contribution is 2.28. The molecule has 0 radical (unpaired) electrons. The van der Waals surface area contributed by atoms with Crippen LogP contribution in [0.5, 0.6) is 5.88 Å². The Balaban J connectivity index is 1.64. The summed E-state index contributed by atoms with van der Waals surface area (Å²) in [4.78, 5) is 14.3. The third-order valence-electron chi connectivity index (χ3n) is 6.71. The standard InChI is InChI=1S/C28H25F2N5O/c1-36-28-22(9-5-13-31-28)34-23-15-25-27(16-24(23)32-17-6-4-7-17)35(18-11-12-19(29)20(30)14-18)26-10-3-2-8-21(26)33-25/h5,8-17,34H,2-4,6-7H2,1H3. The summed E-state index contributed by atoms with van der Waals surface area (Å²) in [6.45, 7) is 0. The normalized spacial score (nSPS) is 15.6. The molecule has 1 N–H and O–H groups in total. The Morgan fingerprint density at radius 2 is 1.89 bits per heavy atom. The Morgan fingerprint density at radius 3 is 2.67 bits per heavy atom. The molecule has 0 saturated heterocycles. The van der Waals surface area contributed by atoms with Crippen LogP contribution in [0.2, 0.25) is 0 Å². The molecule has 0 unspecified atom stereocenters. The number of nitrogens with one attached hydrogen (secondary N) is 1. The van der Waals surface area contributed by atoms with Crippen molar-refractivity contribution in [1.29, 1.82) is 0 Å². The first kappa shape index (κ1) is 22.4. The highest BCUT2D eigenvalue weighted by Gasteiger charge is 2.20. The van der Waals surface area contributed by atoms with Crippen LogP contribution in [0.4, 0.5) is 20.2 Å². The van der Waals surface area contributed by atoms with Gasteiger partial charge in [0.25, 0.3) is 0 Å². The molecule has 2 aromatic rings. The maximum Gasteiger partial charge on any atom is 0.237 e. The lowest BCUT2D eigenvalue weighted by atomic mass is 9.94. The van der Waals surface area contributed by atoms with Gasteiger partial charge in [-0.25, -0.2) is 18.7 Å². The number of rotatable bonds is 5. The van der Waals surface area contributed by atoms with Crippen LogP contribution in [0.3, 0.4) is 0 Å². The van der Waals surface area contributed by atoms with Crippen LogP contribution in [0, 0.1) is 11.6 Å². The number of hydrogen-bond acceptors (Lipinski definition) is 5. The molecule has 1 saturated carbocycles. The van der Waals surface area contributed by atoms with Crippen LogP contribution in [-0.4, -0.2) is 27.7 Å². The number of aromatic nitrogens is 3. The van der Waals surface area contributed by atoms with Crippen molar-refractivity contribution in [3.63, 3.8) is 0 Å². The van der Waals surface area contributed by atoms with E-state index in [0.717, 1.165) is 71.3 Å². The molecule has 0 spiro atoms. The molecule has 0 atom stereocenters. The summed E-state index contributed by atoms with van der Waals surface area (Å²) in [6, 6.07) is 11.9. The van der Waals surface area contributed by atoms with Gasteiger partial charge in [-0.05, 0) is 68.5 Å². The van der Waals surface area contributed by atoms with E-state index in [1.165, 1.54) is 6.07 Å². The molecular weight excluding hydrogens is 460 g/mol. The second-order valence-electron chi connectivity index (χ2n) is 9.06. The fourth-order valence-electron chi connectivity index (χ4n) is 4.67. The highest BCUT2D eigenvalue weighted by molar-refractivity contribution is 5.71. The third kappa shape index (κ3) is 4.02. The van der Waals surface area contributed by atoms with E-state index in [9.17, 15) is 8.78 Å². The monoisotopic (exact) mass is 485 g/mol. The molecule has 1 aliphatic heterocycles. The number of nitrogens with zero attached hydrogens (tertiary/aromatic N) is 4. The smallest absolute Gasteiger partial charge is 0.237 e. The highest BCUT2D eigenvalue weighted by atomic mass is 19.2. The van der Waals surface area contributed by atoms with Crippen molar-refractivity contribution in [2.24, 2.45) is 4.99 Å². The van der Waals surface area contributed by atoms with Crippen LogP contribution in [0.15, 0.2) is 53.7 Å². The van der Waals surface area contributed by atoms with Gasteiger partial charge in [-0.1, -0.05) is 12.2 Å². The van der Waals surface area contributed by atoms with Gasteiger partial charge in [0.15, 0.2) is 11.6 Å². The minimum Gasteiger partial charge on any atom is -0.480 e. The molecule has 1 fully saturated rings. The zero-order valence-corrected chi connectivity index (χ0v) is 19.8. The summed E-state index contributed by atoms with van der Waals surface area (Å²) in [5.41, 5.74) is 3.52. The molecule has 6 nitrogen and oxygen atoms in total. The Bertz CT molecular complexity index is 1620. The average molecular weight is 486 g/mol. The molecule has 0 amide bonds. The molecule has 1 aromatic carbocycles. The van der Waals surface area contributed by atoms with Crippen molar-refractivity contribution >= 4 is 23.5 Å². The first-order chi connectivity index (χ1) is 17.6. The molecule has 2 heterocycles. The lowest BCUT2D eigenvalue weighted by Gasteiger charge is -2.23. The fraction of sp³-hybridized carbons (Fsp3) is 0.250. The predicted molar refractivity (Wildman–Crippen MR) is 135 cm³/mol. The summed E-state index contributed by atoms with van der Waals surface area (Å²) in [6.07, 6.45) is 10.8. The van der Waals surface area contributed by atoms with Crippen LogP contribution < -0.4 is 26.1 Å². The number of halogens is 2. The number of fused-ring (bicyclic) bond motifs is 2. The maximum absolute atomic E-state index is 14.3. The van der Waals surface area contributed by atoms with Gasteiger partial charge in [-0.2, -0.15) is 0 Å². The summed E-state index contributed by atoms with van der Waals surface area (Å²) in [5, 5.41) is 5.89. The van der Waals surface area contributed by atoms with Gasteiger partial charge in [-0.15, -0.1) is 0 Å². The minimum absolute atomic E-state index is 0.251. The van der Waals surface area contributed by atoms with Gasteiger partial charge in [0.05, 0.1) is 46.3 Å². The van der Waals surface area contributed by atoms with E-state index >= 15 is 0 Å². The molecule has 0 bridgehead atoms.